The van der Waals surface area contributed by atoms with Gasteiger partial charge < -0.3 is 5.32 Å². The molecule has 0 aromatic carbocycles. The Labute approximate surface area is 161 Å². The van der Waals surface area contributed by atoms with E-state index in [-0.39, 0.29) is 11.8 Å². The summed E-state index contributed by atoms with van der Waals surface area (Å²) in [7, 11) is 0. The number of pyridine rings is 1. The number of nitrogens with one attached hydrogen (secondary N) is 1. The first-order chi connectivity index (χ1) is 13.2. The fraction of sp³-hybridized carbons (Fsp3) is 0.571. The summed E-state index contributed by atoms with van der Waals surface area (Å²) in [5, 5.41) is 7.76. The Bertz CT molecular complexity index is 778. The quantitative estimate of drug-likeness (QED) is 0.853. The van der Waals surface area contributed by atoms with Gasteiger partial charge in [0.2, 0.25) is 5.91 Å². The van der Waals surface area contributed by atoms with Crippen molar-refractivity contribution in [3.8, 4) is 0 Å². The summed E-state index contributed by atoms with van der Waals surface area (Å²) in [4.78, 5) is 19.1. The Kier molecular flexibility index (Phi) is 5.53. The molecule has 2 aromatic heterocycles. The van der Waals surface area contributed by atoms with Crippen LogP contribution < -0.4 is 5.32 Å². The molecule has 0 saturated heterocycles. The molecule has 1 N–H and O–H groups in total. The predicted octanol–water partition coefficient (Wildman–Crippen LogP) is 2.66. The number of aryl methyl sites for hydroxylation is 2. The van der Waals surface area contributed by atoms with Gasteiger partial charge in [-0.2, -0.15) is 5.10 Å². The van der Waals surface area contributed by atoms with Crippen LogP contribution in [0.1, 0.15) is 55.3 Å². The molecule has 6 nitrogen and oxygen atoms in total. The topological polar surface area (TPSA) is 63.1 Å². The average molecular weight is 367 g/mol. The lowest BCUT2D eigenvalue weighted by Crippen LogP contribution is -2.34. The number of carbonyl (C=O) groups excluding carboxylic acids is 1. The van der Waals surface area contributed by atoms with Crippen LogP contribution in [0.5, 0.6) is 0 Å². The van der Waals surface area contributed by atoms with Gasteiger partial charge in [-0.05, 0) is 43.4 Å². The van der Waals surface area contributed by atoms with E-state index < -0.39 is 0 Å². The smallest absolute Gasteiger partial charge is 0.223 e. The van der Waals surface area contributed by atoms with Crippen LogP contribution in [0, 0.1) is 5.92 Å². The van der Waals surface area contributed by atoms with E-state index in [1.54, 1.807) is 0 Å². The number of nitrogens with zero attached hydrogens (tertiary/aromatic N) is 4. The predicted molar refractivity (Wildman–Crippen MR) is 104 cm³/mol. The summed E-state index contributed by atoms with van der Waals surface area (Å²) < 4.78 is 2.11. The number of fused-ring (bicyclic) bond motifs is 1. The van der Waals surface area contributed by atoms with Gasteiger partial charge in [0.05, 0.1) is 23.6 Å². The molecule has 1 aliphatic carbocycles. The maximum absolute atomic E-state index is 12.0. The van der Waals surface area contributed by atoms with Crippen LogP contribution >= 0.6 is 0 Å². The van der Waals surface area contributed by atoms with Crippen LogP contribution in [0.2, 0.25) is 0 Å². The van der Waals surface area contributed by atoms with Crippen molar-refractivity contribution in [1.82, 2.24) is 25.0 Å². The third kappa shape index (κ3) is 4.38. The van der Waals surface area contributed by atoms with E-state index >= 15 is 0 Å². The first-order valence-corrected chi connectivity index (χ1v) is 10.2. The second-order valence-electron chi connectivity index (χ2n) is 7.77. The molecule has 6 heteroatoms. The lowest BCUT2D eigenvalue weighted by Gasteiger charge is -2.23. The van der Waals surface area contributed by atoms with Crippen LogP contribution in [0.15, 0.2) is 24.4 Å². The van der Waals surface area contributed by atoms with Crippen molar-refractivity contribution in [3.63, 3.8) is 0 Å². The van der Waals surface area contributed by atoms with Crippen molar-refractivity contribution < 1.29 is 4.79 Å². The number of rotatable bonds is 6. The first kappa shape index (κ1) is 18.2. The number of carbonyl (C=O) groups is 1. The summed E-state index contributed by atoms with van der Waals surface area (Å²) in [6.45, 7) is 6.41. The fourth-order valence-corrected chi connectivity index (χ4v) is 3.79. The molecule has 144 valence electrons. The van der Waals surface area contributed by atoms with Crippen molar-refractivity contribution in [3.05, 3.63) is 47.0 Å². The lowest BCUT2D eigenvalue weighted by atomic mass is 9.85. The van der Waals surface area contributed by atoms with Crippen LogP contribution in [0.25, 0.3) is 0 Å². The van der Waals surface area contributed by atoms with Gasteiger partial charge in [0.1, 0.15) is 0 Å². The molecule has 4 rings (SSSR count). The first-order valence-electron chi connectivity index (χ1n) is 10.2. The summed E-state index contributed by atoms with van der Waals surface area (Å²) >= 11 is 0. The molecular weight excluding hydrogens is 338 g/mol. The van der Waals surface area contributed by atoms with Gasteiger partial charge in [-0.3, -0.25) is 19.4 Å². The Balaban J connectivity index is 1.36. The van der Waals surface area contributed by atoms with Crippen molar-refractivity contribution in [2.75, 3.05) is 6.54 Å². The van der Waals surface area contributed by atoms with E-state index in [4.69, 9.17) is 5.10 Å². The third-order valence-corrected chi connectivity index (χ3v) is 5.74. The van der Waals surface area contributed by atoms with Crippen LogP contribution in [0.4, 0.5) is 0 Å². The van der Waals surface area contributed by atoms with E-state index in [0.29, 0.717) is 6.54 Å². The number of hydrogen-bond acceptors (Lipinski definition) is 4. The molecule has 1 saturated carbocycles. The number of hydrogen-bond donors (Lipinski definition) is 1. The van der Waals surface area contributed by atoms with Gasteiger partial charge in [0.15, 0.2) is 0 Å². The van der Waals surface area contributed by atoms with Crippen molar-refractivity contribution in [1.29, 1.82) is 0 Å². The number of amides is 1. The molecule has 2 aromatic rings. The van der Waals surface area contributed by atoms with E-state index in [9.17, 15) is 4.79 Å². The highest BCUT2D eigenvalue weighted by atomic mass is 16.1. The molecule has 3 heterocycles. The zero-order valence-corrected chi connectivity index (χ0v) is 16.2. The number of aromatic nitrogens is 3. The highest BCUT2D eigenvalue weighted by Gasteiger charge is 2.25. The minimum absolute atomic E-state index is 0.188. The van der Waals surface area contributed by atoms with E-state index in [1.165, 1.54) is 17.7 Å². The summed E-state index contributed by atoms with van der Waals surface area (Å²) in [5.74, 6) is 0.417. The Morgan fingerprint density at radius 3 is 2.81 bits per heavy atom. The molecule has 0 radical (unpaired) electrons. The molecule has 27 heavy (non-hydrogen) atoms. The maximum atomic E-state index is 12.0. The summed E-state index contributed by atoms with van der Waals surface area (Å²) in [6.07, 6.45) is 7.34. The second kappa shape index (κ2) is 8.21. The highest BCUT2D eigenvalue weighted by molar-refractivity contribution is 5.79. The van der Waals surface area contributed by atoms with Crippen molar-refractivity contribution in [2.45, 2.75) is 65.2 Å². The van der Waals surface area contributed by atoms with Crippen LogP contribution in [0.3, 0.4) is 0 Å². The molecule has 1 fully saturated rings. The van der Waals surface area contributed by atoms with Gasteiger partial charge in [0, 0.05) is 38.3 Å². The molecule has 0 unspecified atom stereocenters. The Morgan fingerprint density at radius 2 is 2.11 bits per heavy atom. The van der Waals surface area contributed by atoms with Crippen LogP contribution in [-0.4, -0.2) is 32.1 Å². The van der Waals surface area contributed by atoms with Crippen molar-refractivity contribution in [2.24, 2.45) is 5.92 Å². The molecule has 1 aliphatic heterocycles. The highest BCUT2D eigenvalue weighted by Crippen LogP contribution is 2.26. The van der Waals surface area contributed by atoms with Gasteiger partial charge in [-0.1, -0.05) is 19.4 Å². The van der Waals surface area contributed by atoms with E-state index in [2.05, 4.69) is 45.0 Å². The Morgan fingerprint density at radius 1 is 1.22 bits per heavy atom. The third-order valence-electron chi connectivity index (χ3n) is 5.74. The van der Waals surface area contributed by atoms with Gasteiger partial charge in [0.25, 0.3) is 0 Å². The van der Waals surface area contributed by atoms with Crippen molar-refractivity contribution >= 4 is 5.91 Å². The summed E-state index contributed by atoms with van der Waals surface area (Å²) in [6, 6.07) is 6.46. The SMILES string of the molecule is CCc1ccc(CN2CCCn3nc(CNC(=O)C4CCC4)cc3C2)nc1. The van der Waals surface area contributed by atoms with Gasteiger partial charge in [-0.15, -0.1) is 0 Å². The molecule has 0 spiro atoms. The molecule has 1 amide bonds. The standard InChI is InChI=1S/C21H29N5O/c1-2-16-7-8-18(22-12-16)14-25-9-4-10-26-20(15-25)11-19(24-26)13-23-21(27)17-5-3-6-17/h7-8,11-12,17H,2-6,9-10,13-15H2,1H3,(H,23,27). The average Bonchev–Trinajstić information content (AvgIpc) is 2.91. The molecule has 0 bridgehead atoms. The lowest BCUT2D eigenvalue weighted by molar-refractivity contribution is -0.127. The minimum atomic E-state index is 0.188. The minimum Gasteiger partial charge on any atom is -0.350 e. The molecule has 0 atom stereocenters. The summed E-state index contributed by atoms with van der Waals surface area (Å²) in [5.41, 5.74) is 4.59. The molecular formula is C21H29N5O. The normalized spacial score (nSPS) is 17.8. The Hall–Kier alpha value is -2.21. The van der Waals surface area contributed by atoms with E-state index in [0.717, 1.165) is 63.3 Å². The monoisotopic (exact) mass is 367 g/mol. The van der Waals surface area contributed by atoms with Gasteiger partial charge in [-0.25, -0.2) is 0 Å². The van der Waals surface area contributed by atoms with Crippen LogP contribution in [-0.2, 0) is 37.4 Å². The molecule has 2 aliphatic rings. The zero-order valence-electron chi connectivity index (χ0n) is 16.2. The fourth-order valence-electron chi connectivity index (χ4n) is 3.79. The maximum Gasteiger partial charge on any atom is 0.223 e. The second-order valence-corrected chi connectivity index (χ2v) is 7.77. The zero-order chi connectivity index (χ0) is 18.6. The van der Waals surface area contributed by atoms with E-state index in [1.807, 2.05) is 6.20 Å². The largest absolute Gasteiger partial charge is 0.350 e. The van der Waals surface area contributed by atoms with Gasteiger partial charge >= 0.3 is 0 Å².